The van der Waals surface area contributed by atoms with Crippen LogP contribution >= 0.6 is 0 Å². The van der Waals surface area contributed by atoms with Crippen molar-refractivity contribution in [3.05, 3.63) is 71.4 Å². The molecule has 1 N–H and O–H groups in total. The van der Waals surface area contributed by atoms with E-state index < -0.39 is 33.7 Å². The van der Waals surface area contributed by atoms with E-state index in [0.717, 1.165) is 17.0 Å². The van der Waals surface area contributed by atoms with E-state index >= 15 is 0 Å². The monoisotopic (exact) mass is 447 g/mol. The number of fused-ring (bicyclic) bond motifs is 1. The highest BCUT2D eigenvalue weighted by molar-refractivity contribution is 7.91. The second-order valence-electron chi connectivity index (χ2n) is 7.46. The minimum atomic E-state index is -3.05. The van der Waals surface area contributed by atoms with Crippen LogP contribution in [-0.4, -0.2) is 29.9 Å². The average molecular weight is 447 g/mol. The number of anilines is 1. The SMILES string of the molecule is C[C@@H](Nc1ccnc2cnc(C3=CCS(=O)(=O)CC3)cc12)c1cccc(C(F)F)c1F. The number of alkyl halides is 2. The van der Waals surface area contributed by atoms with Crippen LogP contribution in [0.5, 0.6) is 0 Å². The zero-order valence-corrected chi connectivity index (χ0v) is 17.5. The molecule has 5 nitrogen and oxygen atoms in total. The molecule has 9 heteroatoms. The highest BCUT2D eigenvalue weighted by Gasteiger charge is 2.21. The summed E-state index contributed by atoms with van der Waals surface area (Å²) in [6.45, 7) is 1.69. The molecule has 0 saturated heterocycles. The molecule has 0 aliphatic carbocycles. The van der Waals surface area contributed by atoms with Gasteiger partial charge in [-0.1, -0.05) is 24.3 Å². The molecule has 1 aromatic carbocycles. The van der Waals surface area contributed by atoms with E-state index in [2.05, 4.69) is 15.3 Å². The summed E-state index contributed by atoms with van der Waals surface area (Å²) in [6.07, 6.45) is 2.34. The number of aromatic nitrogens is 2. The van der Waals surface area contributed by atoms with Gasteiger partial charge in [-0.3, -0.25) is 9.97 Å². The van der Waals surface area contributed by atoms with Crippen LogP contribution in [0, 0.1) is 5.82 Å². The van der Waals surface area contributed by atoms with Gasteiger partial charge in [-0.15, -0.1) is 0 Å². The third-order valence-electron chi connectivity index (χ3n) is 5.36. The predicted octanol–water partition coefficient (Wildman–Crippen LogP) is 5.08. The Morgan fingerprint density at radius 3 is 2.61 bits per heavy atom. The van der Waals surface area contributed by atoms with Crippen molar-refractivity contribution >= 4 is 32.0 Å². The Balaban J connectivity index is 1.68. The Morgan fingerprint density at radius 2 is 1.90 bits per heavy atom. The first kappa shape index (κ1) is 21.3. The van der Waals surface area contributed by atoms with Gasteiger partial charge in [-0.05, 0) is 31.1 Å². The lowest BCUT2D eigenvalue weighted by molar-refractivity contribution is 0.146. The van der Waals surface area contributed by atoms with Crippen LogP contribution in [-0.2, 0) is 9.84 Å². The standard InChI is InChI=1S/C22H20F3N3O2S/c1-13(15-3-2-4-16(21(15)23)22(24)25)28-18-5-8-26-20-12-27-19(11-17(18)20)14-6-9-31(29,30)10-7-14/h2-6,8,11-13,22H,7,9-10H2,1H3,(H,26,28)/t13-/m1/s1. The van der Waals surface area contributed by atoms with Crippen molar-refractivity contribution in [2.75, 3.05) is 16.8 Å². The fraction of sp³-hybridized carbons (Fsp3) is 0.273. The molecule has 1 aliphatic rings. The van der Waals surface area contributed by atoms with Gasteiger partial charge in [0.2, 0.25) is 0 Å². The smallest absolute Gasteiger partial charge is 0.266 e. The van der Waals surface area contributed by atoms with Gasteiger partial charge in [-0.25, -0.2) is 21.6 Å². The molecular weight excluding hydrogens is 427 g/mol. The van der Waals surface area contributed by atoms with Crippen LogP contribution in [0.3, 0.4) is 0 Å². The topological polar surface area (TPSA) is 72.0 Å². The lowest BCUT2D eigenvalue weighted by atomic mass is 10.0. The maximum absolute atomic E-state index is 14.6. The van der Waals surface area contributed by atoms with Gasteiger partial charge in [0.1, 0.15) is 5.82 Å². The maximum Gasteiger partial charge on any atom is 0.266 e. The fourth-order valence-corrected chi connectivity index (χ4v) is 4.80. The molecule has 1 aliphatic heterocycles. The Labute approximate surface area is 178 Å². The lowest BCUT2D eigenvalue weighted by Crippen LogP contribution is -2.15. The second-order valence-corrected chi connectivity index (χ2v) is 9.68. The fourth-order valence-electron chi connectivity index (χ4n) is 3.64. The van der Waals surface area contributed by atoms with Crippen LogP contribution in [0.2, 0.25) is 0 Å². The molecule has 3 heterocycles. The number of allylic oxidation sites excluding steroid dienone is 1. The Kier molecular flexibility index (Phi) is 5.70. The molecule has 162 valence electrons. The van der Waals surface area contributed by atoms with Crippen LogP contribution in [0.15, 0.2) is 48.8 Å². The first-order chi connectivity index (χ1) is 14.7. The molecule has 0 radical (unpaired) electrons. The number of benzene rings is 1. The van der Waals surface area contributed by atoms with Crippen LogP contribution in [0.1, 0.15) is 42.6 Å². The molecule has 4 rings (SSSR count). The van der Waals surface area contributed by atoms with Crippen molar-refractivity contribution in [1.29, 1.82) is 0 Å². The van der Waals surface area contributed by atoms with Crippen LogP contribution < -0.4 is 5.32 Å². The van der Waals surface area contributed by atoms with Gasteiger partial charge < -0.3 is 5.32 Å². The summed E-state index contributed by atoms with van der Waals surface area (Å²) in [5.41, 5.74) is 2.25. The Hall–Kier alpha value is -2.94. The third kappa shape index (κ3) is 4.41. The van der Waals surface area contributed by atoms with Crippen molar-refractivity contribution < 1.29 is 21.6 Å². The highest BCUT2D eigenvalue weighted by Crippen LogP contribution is 2.32. The van der Waals surface area contributed by atoms with Crippen molar-refractivity contribution in [1.82, 2.24) is 9.97 Å². The van der Waals surface area contributed by atoms with E-state index in [1.54, 1.807) is 31.5 Å². The van der Waals surface area contributed by atoms with E-state index in [-0.39, 0.29) is 17.1 Å². The number of hydrogen-bond acceptors (Lipinski definition) is 5. The minimum Gasteiger partial charge on any atom is -0.378 e. The zero-order chi connectivity index (χ0) is 22.2. The molecule has 0 saturated carbocycles. The number of nitrogens with zero attached hydrogens (tertiary/aromatic N) is 2. The molecule has 0 fully saturated rings. The van der Waals surface area contributed by atoms with Gasteiger partial charge >= 0.3 is 0 Å². The van der Waals surface area contributed by atoms with Gasteiger partial charge in [0, 0.05) is 22.8 Å². The molecule has 0 spiro atoms. The number of sulfone groups is 1. The van der Waals surface area contributed by atoms with E-state index in [4.69, 9.17) is 0 Å². The third-order valence-corrected chi connectivity index (χ3v) is 6.86. The first-order valence-electron chi connectivity index (χ1n) is 9.73. The molecular formula is C22H20F3N3O2S. The predicted molar refractivity (Wildman–Crippen MR) is 114 cm³/mol. The number of halogens is 3. The molecule has 1 atom stereocenters. The van der Waals surface area contributed by atoms with E-state index in [1.165, 1.54) is 12.1 Å². The molecule has 0 unspecified atom stereocenters. The summed E-state index contributed by atoms with van der Waals surface area (Å²) in [5.74, 6) is -0.864. The lowest BCUT2D eigenvalue weighted by Gasteiger charge is -2.19. The summed E-state index contributed by atoms with van der Waals surface area (Å²) in [4.78, 5) is 8.70. The molecule has 0 bridgehead atoms. The van der Waals surface area contributed by atoms with Crippen molar-refractivity contribution in [3.63, 3.8) is 0 Å². The summed E-state index contributed by atoms with van der Waals surface area (Å²) in [7, 11) is -3.05. The number of hydrogen-bond donors (Lipinski definition) is 1. The number of pyridine rings is 2. The quantitative estimate of drug-likeness (QED) is 0.591. The van der Waals surface area contributed by atoms with E-state index in [0.29, 0.717) is 23.3 Å². The Morgan fingerprint density at radius 1 is 1.13 bits per heavy atom. The van der Waals surface area contributed by atoms with E-state index in [1.807, 2.05) is 6.07 Å². The summed E-state index contributed by atoms with van der Waals surface area (Å²) >= 11 is 0. The van der Waals surface area contributed by atoms with Gasteiger partial charge in [0.15, 0.2) is 9.84 Å². The Bertz CT molecular complexity index is 1280. The first-order valence-corrected chi connectivity index (χ1v) is 11.5. The summed E-state index contributed by atoms with van der Waals surface area (Å²) in [6, 6.07) is 6.91. The van der Waals surface area contributed by atoms with Gasteiger partial charge in [0.05, 0.1) is 40.5 Å². The molecule has 3 aromatic rings. The molecule has 2 aromatic heterocycles. The van der Waals surface area contributed by atoms with Crippen molar-refractivity contribution in [2.24, 2.45) is 0 Å². The number of nitrogens with one attached hydrogen (secondary N) is 1. The molecule has 0 amide bonds. The normalized spacial score (nSPS) is 16.9. The highest BCUT2D eigenvalue weighted by atomic mass is 32.2. The average Bonchev–Trinajstić information content (AvgIpc) is 2.73. The molecule has 31 heavy (non-hydrogen) atoms. The second kappa shape index (κ2) is 8.30. The zero-order valence-electron chi connectivity index (χ0n) is 16.6. The van der Waals surface area contributed by atoms with Crippen molar-refractivity contribution in [2.45, 2.75) is 25.8 Å². The van der Waals surface area contributed by atoms with E-state index in [9.17, 15) is 21.6 Å². The van der Waals surface area contributed by atoms with Crippen LogP contribution in [0.25, 0.3) is 16.5 Å². The largest absolute Gasteiger partial charge is 0.378 e. The number of rotatable bonds is 5. The summed E-state index contributed by atoms with van der Waals surface area (Å²) < 4.78 is 64.0. The minimum absolute atomic E-state index is 0.0169. The summed E-state index contributed by atoms with van der Waals surface area (Å²) in [5, 5.41) is 3.90. The van der Waals surface area contributed by atoms with Gasteiger partial charge in [-0.2, -0.15) is 0 Å². The maximum atomic E-state index is 14.6. The van der Waals surface area contributed by atoms with Crippen molar-refractivity contribution in [3.8, 4) is 0 Å². The van der Waals surface area contributed by atoms with Gasteiger partial charge in [0.25, 0.3) is 6.43 Å². The van der Waals surface area contributed by atoms with Crippen LogP contribution in [0.4, 0.5) is 18.9 Å².